The van der Waals surface area contributed by atoms with Crippen molar-refractivity contribution in [2.24, 2.45) is 0 Å². The van der Waals surface area contributed by atoms with Crippen molar-refractivity contribution >= 4 is 6.09 Å². The average Bonchev–Trinajstić information content (AvgIpc) is 2.75. The Morgan fingerprint density at radius 1 is 0.643 bits per heavy atom. The molecule has 1 amide bonds. The molecule has 144 valence electrons. The second-order valence-corrected chi connectivity index (χ2v) is 7.02. The number of benzene rings is 3. The molecular weight excluding hydrogens is 346 g/mol. The number of nitrogens with zero attached hydrogens (tertiary/aromatic N) is 1. The summed E-state index contributed by atoms with van der Waals surface area (Å²) in [5.74, 6) is 0. The minimum absolute atomic E-state index is 0.119. The molecule has 0 fully saturated rings. The van der Waals surface area contributed by atoms with Crippen molar-refractivity contribution in [3.05, 3.63) is 108 Å². The summed E-state index contributed by atoms with van der Waals surface area (Å²) in [7, 11) is 0. The third kappa shape index (κ3) is 4.61. The Morgan fingerprint density at radius 2 is 1.00 bits per heavy atom. The van der Waals surface area contributed by atoms with Gasteiger partial charge >= 0.3 is 6.09 Å². The first kappa shape index (κ1) is 19.7. The van der Waals surface area contributed by atoms with Crippen LogP contribution in [0.5, 0.6) is 0 Å². The fourth-order valence-corrected chi connectivity index (χ4v) is 3.44. The van der Waals surface area contributed by atoms with Gasteiger partial charge in [0.1, 0.15) is 6.10 Å². The van der Waals surface area contributed by atoms with Gasteiger partial charge in [0.05, 0.1) is 12.1 Å². The summed E-state index contributed by atoms with van der Waals surface area (Å²) in [5.41, 5.74) is 3.14. The van der Waals surface area contributed by atoms with Crippen LogP contribution in [-0.2, 0) is 4.74 Å². The Labute approximate surface area is 167 Å². The van der Waals surface area contributed by atoms with Crippen molar-refractivity contribution in [3.63, 3.8) is 0 Å². The molecule has 0 spiro atoms. The van der Waals surface area contributed by atoms with E-state index in [1.165, 1.54) is 0 Å². The molecule has 0 N–H and O–H groups in total. The quantitative estimate of drug-likeness (QED) is 0.480. The molecule has 0 bridgehead atoms. The summed E-state index contributed by atoms with van der Waals surface area (Å²) >= 11 is 0. The van der Waals surface area contributed by atoms with E-state index in [0.717, 1.165) is 16.7 Å². The molecular formula is C25H27NO2. The van der Waals surface area contributed by atoms with E-state index in [0.29, 0.717) is 0 Å². The average molecular weight is 373 g/mol. The first-order chi connectivity index (χ1) is 13.6. The van der Waals surface area contributed by atoms with Crippen LogP contribution in [0.25, 0.3) is 0 Å². The Balaban J connectivity index is 1.88. The lowest BCUT2D eigenvalue weighted by Crippen LogP contribution is -2.36. The van der Waals surface area contributed by atoms with E-state index in [1.54, 1.807) is 0 Å². The van der Waals surface area contributed by atoms with Crippen LogP contribution >= 0.6 is 0 Å². The molecule has 0 radical (unpaired) electrons. The van der Waals surface area contributed by atoms with E-state index in [4.69, 9.17) is 4.74 Å². The summed E-state index contributed by atoms with van der Waals surface area (Å²) in [5, 5.41) is 0. The van der Waals surface area contributed by atoms with Crippen molar-refractivity contribution in [1.29, 1.82) is 0 Å². The van der Waals surface area contributed by atoms with Crippen LogP contribution < -0.4 is 0 Å². The molecule has 0 saturated carbocycles. The fraction of sp³-hybridized carbons (Fsp3) is 0.240. The predicted octanol–water partition coefficient (Wildman–Crippen LogP) is 6.71. The van der Waals surface area contributed by atoms with E-state index >= 15 is 0 Å². The number of hydrogen-bond acceptors (Lipinski definition) is 2. The van der Waals surface area contributed by atoms with Gasteiger partial charge < -0.3 is 4.74 Å². The fourth-order valence-electron chi connectivity index (χ4n) is 3.44. The van der Waals surface area contributed by atoms with Crippen molar-refractivity contribution in [2.75, 3.05) is 0 Å². The standard InChI is InChI=1S/C25H27NO2/c1-19(22-13-7-4-8-14-22)26(20(2)23-15-9-5-10-16-23)25(27)28-21(3)24-17-11-6-12-18-24/h4-21H,1-3H3/t19?,20?,21-/m0/s1. The molecule has 0 aliphatic heterocycles. The first-order valence-corrected chi connectivity index (χ1v) is 9.71. The minimum Gasteiger partial charge on any atom is -0.441 e. The van der Waals surface area contributed by atoms with E-state index in [9.17, 15) is 4.79 Å². The van der Waals surface area contributed by atoms with Crippen molar-refractivity contribution < 1.29 is 9.53 Å². The van der Waals surface area contributed by atoms with Gasteiger partial charge in [-0.3, -0.25) is 4.90 Å². The number of rotatable bonds is 6. The van der Waals surface area contributed by atoms with Crippen LogP contribution in [0.15, 0.2) is 91.0 Å². The van der Waals surface area contributed by atoms with Gasteiger partial charge in [0.15, 0.2) is 0 Å². The molecule has 3 aromatic rings. The number of amides is 1. The SMILES string of the molecule is CC(c1ccccc1)N(C(=O)O[C@@H](C)c1ccccc1)C(C)c1ccccc1. The van der Waals surface area contributed by atoms with E-state index in [1.807, 2.05) is 117 Å². The van der Waals surface area contributed by atoms with Crippen LogP contribution in [0.3, 0.4) is 0 Å². The van der Waals surface area contributed by atoms with Gasteiger partial charge in [-0.05, 0) is 37.5 Å². The lowest BCUT2D eigenvalue weighted by Gasteiger charge is -2.35. The van der Waals surface area contributed by atoms with Gasteiger partial charge in [0.2, 0.25) is 0 Å². The number of carbonyl (C=O) groups excluding carboxylic acids is 1. The van der Waals surface area contributed by atoms with Crippen molar-refractivity contribution in [3.8, 4) is 0 Å². The molecule has 3 rings (SSSR count). The van der Waals surface area contributed by atoms with Gasteiger partial charge in [-0.2, -0.15) is 0 Å². The Hall–Kier alpha value is -3.07. The highest BCUT2D eigenvalue weighted by molar-refractivity contribution is 5.69. The Kier molecular flexibility index (Phi) is 6.49. The van der Waals surface area contributed by atoms with E-state index in [-0.39, 0.29) is 24.3 Å². The lowest BCUT2D eigenvalue weighted by molar-refractivity contribution is 0.0451. The lowest BCUT2D eigenvalue weighted by atomic mass is 10.0. The molecule has 0 aromatic heterocycles. The van der Waals surface area contributed by atoms with E-state index < -0.39 is 0 Å². The second kappa shape index (κ2) is 9.23. The topological polar surface area (TPSA) is 29.5 Å². The molecule has 0 saturated heterocycles. The highest BCUT2D eigenvalue weighted by Crippen LogP contribution is 2.32. The third-order valence-corrected chi connectivity index (χ3v) is 5.16. The van der Waals surface area contributed by atoms with Crippen molar-refractivity contribution in [2.45, 2.75) is 39.0 Å². The van der Waals surface area contributed by atoms with Gasteiger partial charge in [-0.1, -0.05) is 91.0 Å². The maximum absolute atomic E-state index is 13.3. The molecule has 28 heavy (non-hydrogen) atoms. The Bertz CT molecular complexity index is 819. The first-order valence-electron chi connectivity index (χ1n) is 9.71. The van der Waals surface area contributed by atoms with E-state index in [2.05, 4.69) is 0 Å². The van der Waals surface area contributed by atoms with Gasteiger partial charge in [0, 0.05) is 0 Å². The zero-order valence-electron chi connectivity index (χ0n) is 16.7. The largest absolute Gasteiger partial charge is 0.441 e. The van der Waals surface area contributed by atoms with Crippen LogP contribution in [0.1, 0.15) is 55.6 Å². The summed E-state index contributed by atoms with van der Waals surface area (Å²) in [6, 6.07) is 29.7. The zero-order chi connectivity index (χ0) is 19.9. The Morgan fingerprint density at radius 3 is 1.39 bits per heavy atom. The normalized spacial score (nSPS) is 14.0. The minimum atomic E-state index is -0.317. The number of ether oxygens (including phenoxy) is 1. The molecule has 0 aliphatic rings. The molecule has 3 atom stereocenters. The highest BCUT2D eigenvalue weighted by atomic mass is 16.6. The van der Waals surface area contributed by atoms with Crippen LogP contribution in [0.4, 0.5) is 4.79 Å². The molecule has 3 heteroatoms. The zero-order valence-corrected chi connectivity index (χ0v) is 16.7. The molecule has 3 nitrogen and oxygen atoms in total. The van der Waals surface area contributed by atoms with Gasteiger partial charge in [0.25, 0.3) is 0 Å². The van der Waals surface area contributed by atoms with Gasteiger partial charge in [-0.15, -0.1) is 0 Å². The number of hydrogen-bond donors (Lipinski definition) is 0. The van der Waals surface area contributed by atoms with Crippen molar-refractivity contribution in [1.82, 2.24) is 4.90 Å². The molecule has 3 aromatic carbocycles. The van der Waals surface area contributed by atoms with Crippen LogP contribution in [0.2, 0.25) is 0 Å². The van der Waals surface area contributed by atoms with Crippen LogP contribution in [0, 0.1) is 0 Å². The molecule has 0 aliphatic carbocycles. The maximum Gasteiger partial charge on any atom is 0.411 e. The highest BCUT2D eigenvalue weighted by Gasteiger charge is 2.30. The second-order valence-electron chi connectivity index (χ2n) is 7.02. The maximum atomic E-state index is 13.3. The summed E-state index contributed by atoms with van der Waals surface area (Å²) in [6.45, 7) is 6.00. The van der Waals surface area contributed by atoms with Gasteiger partial charge in [-0.25, -0.2) is 4.79 Å². The van der Waals surface area contributed by atoms with Crippen LogP contribution in [-0.4, -0.2) is 11.0 Å². The monoisotopic (exact) mass is 373 g/mol. The number of carbonyl (C=O) groups is 1. The predicted molar refractivity (Wildman–Crippen MR) is 113 cm³/mol. The summed E-state index contributed by atoms with van der Waals surface area (Å²) in [6.07, 6.45) is -0.633. The smallest absolute Gasteiger partial charge is 0.411 e. The third-order valence-electron chi connectivity index (χ3n) is 5.16. The molecule has 2 unspecified atom stereocenters. The summed E-state index contributed by atoms with van der Waals surface area (Å²) in [4.78, 5) is 15.1. The summed E-state index contributed by atoms with van der Waals surface area (Å²) < 4.78 is 5.87. The molecule has 0 heterocycles.